The quantitative estimate of drug-likeness (QED) is 0.143. The molecule has 0 heterocycles. The summed E-state index contributed by atoms with van der Waals surface area (Å²) in [6, 6.07) is 9.92. The van der Waals surface area contributed by atoms with E-state index >= 15 is 0 Å². The van der Waals surface area contributed by atoms with Crippen molar-refractivity contribution >= 4 is 28.8 Å². The van der Waals surface area contributed by atoms with Crippen LogP contribution in [-0.4, -0.2) is 43.8 Å². The van der Waals surface area contributed by atoms with Gasteiger partial charge in [0.05, 0.1) is 12.2 Å². The molecular weight excluding hydrogens is 501 g/mol. The van der Waals surface area contributed by atoms with Crippen molar-refractivity contribution in [1.82, 2.24) is 10.7 Å². The van der Waals surface area contributed by atoms with Gasteiger partial charge in [0.25, 0.3) is 5.91 Å². The van der Waals surface area contributed by atoms with Gasteiger partial charge < -0.3 is 25.5 Å². The molecule has 5 N–H and O–H groups in total. The Bertz CT molecular complexity index is 1090. The number of unbranched alkanes of at least 4 members (excludes halogenated alkanes) is 3. The van der Waals surface area contributed by atoms with E-state index in [1.165, 1.54) is 12.1 Å². The first-order valence-corrected chi connectivity index (χ1v) is 12.3. The number of hydrazine groups is 1. The third kappa shape index (κ3) is 9.71. The fourth-order valence-corrected chi connectivity index (χ4v) is 3.78. The maximum Gasteiger partial charge on any atom is 0.416 e. The minimum absolute atomic E-state index is 0.180. The number of benzene rings is 2. The van der Waals surface area contributed by atoms with Gasteiger partial charge in [-0.3, -0.25) is 15.4 Å². The third-order valence-electron chi connectivity index (χ3n) is 5.89. The lowest BCUT2D eigenvalue weighted by molar-refractivity contribution is -0.138. The van der Waals surface area contributed by atoms with Crippen molar-refractivity contribution in [2.45, 2.75) is 45.2 Å². The lowest BCUT2D eigenvalue weighted by Gasteiger charge is -2.24. The highest BCUT2D eigenvalue weighted by molar-refractivity contribution is 5.96. The van der Waals surface area contributed by atoms with Gasteiger partial charge in [-0.15, -0.1) is 0 Å². The van der Waals surface area contributed by atoms with Crippen LogP contribution in [0.1, 0.15) is 60.5 Å². The predicted molar refractivity (Wildman–Crippen MR) is 141 cm³/mol. The molecular formula is C27H35F3N4O4. The topological polar surface area (TPSA) is 117 Å². The van der Waals surface area contributed by atoms with E-state index in [1.54, 1.807) is 43.3 Å². The first-order valence-electron chi connectivity index (χ1n) is 12.3. The third-order valence-corrected chi connectivity index (χ3v) is 5.89. The summed E-state index contributed by atoms with van der Waals surface area (Å²) in [5, 5.41) is 11.4. The molecule has 1 amide bonds. The number of hydrogen-bond donors (Lipinski definition) is 4. The van der Waals surface area contributed by atoms with Crippen LogP contribution >= 0.6 is 0 Å². The zero-order valence-electron chi connectivity index (χ0n) is 21.6. The SMILES string of the molecule is C/C(=C\NN)c1cc(C(=O)NCCOCCCCCCC(=O)O)ccc1N(C)c1ccc(C(F)(F)F)cc1. The van der Waals surface area contributed by atoms with Crippen molar-refractivity contribution in [3.05, 3.63) is 65.4 Å². The Morgan fingerprint density at radius 3 is 2.37 bits per heavy atom. The smallest absolute Gasteiger partial charge is 0.416 e. The molecule has 38 heavy (non-hydrogen) atoms. The molecule has 0 radical (unpaired) electrons. The Labute approximate surface area is 220 Å². The van der Waals surface area contributed by atoms with Crippen molar-refractivity contribution in [1.29, 1.82) is 0 Å². The van der Waals surface area contributed by atoms with Crippen LogP contribution in [0.3, 0.4) is 0 Å². The van der Waals surface area contributed by atoms with Crippen molar-refractivity contribution in [3.63, 3.8) is 0 Å². The molecule has 0 aromatic heterocycles. The molecule has 0 unspecified atom stereocenters. The van der Waals surface area contributed by atoms with Gasteiger partial charge in [-0.1, -0.05) is 12.8 Å². The molecule has 0 saturated carbocycles. The van der Waals surface area contributed by atoms with Crippen molar-refractivity contribution in [2.24, 2.45) is 5.84 Å². The molecule has 0 atom stereocenters. The summed E-state index contributed by atoms with van der Waals surface area (Å²) < 4.78 is 44.4. The fraction of sp³-hybridized carbons (Fsp3) is 0.407. The number of rotatable bonds is 15. The summed E-state index contributed by atoms with van der Waals surface area (Å²) in [5.41, 5.74) is 4.77. The number of hydrogen-bond acceptors (Lipinski definition) is 6. The standard InChI is InChI=1S/C27H35F3N4O4/c1-19(18-33-31)23-17-20(26(37)32-14-16-38-15-6-4-3-5-7-25(35)36)8-13-24(23)34(2)22-11-9-21(10-12-22)27(28,29)30/h8-13,17-18,33H,3-7,14-16,31H2,1-2H3,(H,32,37)(H,35,36)/b19-18+. The number of alkyl halides is 3. The summed E-state index contributed by atoms with van der Waals surface area (Å²) in [5.74, 6) is 4.37. The van der Waals surface area contributed by atoms with Gasteiger partial charge in [-0.25, -0.2) is 0 Å². The molecule has 2 aromatic rings. The maximum atomic E-state index is 12.9. The fourth-order valence-electron chi connectivity index (χ4n) is 3.78. The molecule has 0 bridgehead atoms. The number of amides is 1. The van der Waals surface area contributed by atoms with E-state index in [-0.39, 0.29) is 12.3 Å². The van der Waals surface area contributed by atoms with E-state index < -0.39 is 17.7 Å². The first kappa shape index (κ1) is 30.7. The van der Waals surface area contributed by atoms with Gasteiger partial charge >= 0.3 is 12.1 Å². The second-order valence-electron chi connectivity index (χ2n) is 8.76. The summed E-state index contributed by atoms with van der Waals surface area (Å²) in [7, 11) is 1.73. The second kappa shape index (κ2) is 15.0. The van der Waals surface area contributed by atoms with E-state index in [0.717, 1.165) is 37.0 Å². The van der Waals surface area contributed by atoms with Crippen LogP contribution in [0.15, 0.2) is 48.7 Å². The van der Waals surface area contributed by atoms with Crippen LogP contribution in [0.25, 0.3) is 5.57 Å². The molecule has 0 aliphatic carbocycles. The second-order valence-corrected chi connectivity index (χ2v) is 8.76. The highest BCUT2D eigenvalue weighted by atomic mass is 19.4. The zero-order valence-corrected chi connectivity index (χ0v) is 21.6. The van der Waals surface area contributed by atoms with Crippen molar-refractivity contribution in [2.75, 3.05) is 31.7 Å². The molecule has 2 rings (SSSR count). The van der Waals surface area contributed by atoms with Crippen LogP contribution in [-0.2, 0) is 15.7 Å². The number of aliphatic carboxylic acids is 1. The van der Waals surface area contributed by atoms with Crippen LogP contribution in [0, 0.1) is 0 Å². The highest BCUT2D eigenvalue weighted by Gasteiger charge is 2.30. The van der Waals surface area contributed by atoms with E-state index in [2.05, 4.69) is 10.7 Å². The minimum Gasteiger partial charge on any atom is -0.481 e. The van der Waals surface area contributed by atoms with Gasteiger partial charge in [0.1, 0.15) is 0 Å². The average Bonchev–Trinajstić information content (AvgIpc) is 2.88. The Morgan fingerprint density at radius 2 is 1.74 bits per heavy atom. The van der Waals surface area contributed by atoms with Gasteiger partial charge in [-0.05, 0) is 67.8 Å². The Balaban J connectivity index is 1.99. The molecule has 0 saturated heterocycles. The van der Waals surface area contributed by atoms with Gasteiger partial charge in [0.2, 0.25) is 0 Å². The van der Waals surface area contributed by atoms with E-state index in [1.807, 2.05) is 0 Å². The van der Waals surface area contributed by atoms with Crippen LogP contribution < -0.4 is 21.5 Å². The number of halogens is 3. The van der Waals surface area contributed by atoms with Crippen molar-refractivity contribution < 1.29 is 32.6 Å². The molecule has 0 aliphatic heterocycles. The number of carboxylic acids is 1. The molecule has 0 fully saturated rings. The lowest BCUT2D eigenvalue weighted by Crippen LogP contribution is -2.27. The summed E-state index contributed by atoms with van der Waals surface area (Å²) in [6.45, 7) is 3.00. The van der Waals surface area contributed by atoms with E-state index in [0.29, 0.717) is 48.7 Å². The molecule has 0 spiro atoms. The van der Waals surface area contributed by atoms with Gasteiger partial charge in [0, 0.05) is 55.3 Å². The van der Waals surface area contributed by atoms with Gasteiger partial charge in [-0.2, -0.15) is 13.2 Å². The van der Waals surface area contributed by atoms with Crippen LogP contribution in [0.4, 0.5) is 24.5 Å². The number of carboxylic acid groups (broad SMARTS) is 1. The predicted octanol–water partition coefficient (Wildman–Crippen LogP) is 5.08. The summed E-state index contributed by atoms with van der Waals surface area (Å²) >= 11 is 0. The Hall–Kier alpha value is -3.57. The van der Waals surface area contributed by atoms with Crippen LogP contribution in [0.2, 0.25) is 0 Å². The number of allylic oxidation sites excluding steroid dienone is 1. The number of nitrogens with zero attached hydrogens (tertiary/aromatic N) is 1. The number of ether oxygens (including phenoxy) is 1. The maximum absolute atomic E-state index is 12.9. The molecule has 208 valence electrons. The number of carbonyl (C=O) groups is 2. The van der Waals surface area contributed by atoms with E-state index in [4.69, 9.17) is 15.7 Å². The van der Waals surface area contributed by atoms with E-state index in [9.17, 15) is 22.8 Å². The number of nitrogens with two attached hydrogens (primary N) is 1. The first-order chi connectivity index (χ1) is 18.0. The molecule has 0 aliphatic rings. The zero-order chi connectivity index (χ0) is 28.1. The van der Waals surface area contributed by atoms with Crippen molar-refractivity contribution in [3.8, 4) is 0 Å². The highest BCUT2D eigenvalue weighted by Crippen LogP contribution is 2.34. The lowest BCUT2D eigenvalue weighted by atomic mass is 10.0. The monoisotopic (exact) mass is 536 g/mol. The van der Waals surface area contributed by atoms with Gasteiger partial charge in [0.15, 0.2) is 0 Å². The average molecular weight is 537 g/mol. The number of nitrogens with one attached hydrogen (secondary N) is 2. The minimum atomic E-state index is -4.42. The summed E-state index contributed by atoms with van der Waals surface area (Å²) in [4.78, 5) is 24.9. The number of anilines is 2. The largest absolute Gasteiger partial charge is 0.481 e. The normalized spacial score (nSPS) is 11.8. The van der Waals surface area contributed by atoms with Crippen LogP contribution in [0.5, 0.6) is 0 Å². The molecule has 8 nitrogen and oxygen atoms in total. The number of carbonyl (C=O) groups excluding carboxylic acids is 1. The molecule has 2 aromatic carbocycles. The molecule has 11 heteroatoms. The Morgan fingerprint density at radius 1 is 1.05 bits per heavy atom. The Kier molecular flexibility index (Phi) is 12.1. The summed E-state index contributed by atoms with van der Waals surface area (Å²) in [6.07, 6.45) is 0.536.